The van der Waals surface area contributed by atoms with E-state index in [-0.39, 0.29) is 12.5 Å². The molecule has 28 heavy (non-hydrogen) atoms. The quantitative estimate of drug-likeness (QED) is 0.344. The van der Waals surface area contributed by atoms with Crippen molar-refractivity contribution in [1.29, 1.82) is 0 Å². The Kier molecular flexibility index (Phi) is 8.45. The standard InChI is InChI=1S/C22H25Br2N3O/c1-14(2)18-7-5-17(6-8-18)9-16(4)12-26-27-21(28)13-25-22-19(23)10-15(3)11-20(22)24/h5-12,14,25H,13H2,1-4H3,(H,27,28). The van der Waals surface area contributed by atoms with Crippen LogP contribution < -0.4 is 10.7 Å². The van der Waals surface area contributed by atoms with Gasteiger partial charge in [0.25, 0.3) is 5.91 Å². The molecule has 0 radical (unpaired) electrons. The fourth-order valence-corrected chi connectivity index (χ4v) is 4.26. The second-order valence-corrected chi connectivity index (χ2v) is 8.67. The maximum atomic E-state index is 12.0. The summed E-state index contributed by atoms with van der Waals surface area (Å²) in [5.74, 6) is 0.301. The highest BCUT2D eigenvalue weighted by atomic mass is 79.9. The topological polar surface area (TPSA) is 53.5 Å². The van der Waals surface area contributed by atoms with Gasteiger partial charge in [-0.3, -0.25) is 4.79 Å². The Morgan fingerprint density at radius 2 is 1.75 bits per heavy atom. The first-order chi connectivity index (χ1) is 13.3. The van der Waals surface area contributed by atoms with Crippen LogP contribution in [0.5, 0.6) is 0 Å². The van der Waals surface area contributed by atoms with Gasteiger partial charge in [-0.15, -0.1) is 0 Å². The largest absolute Gasteiger partial charge is 0.374 e. The molecule has 0 heterocycles. The summed E-state index contributed by atoms with van der Waals surface area (Å²) in [6.07, 6.45) is 3.67. The molecule has 0 saturated carbocycles. The Morgan fingerprint density at radius 1 is 1.14 bits per heavy atom. The van der Waals surface area contributed by atoms with Crippen LogP contribution in [-0.4, -0.2) is 18.7 Å². The zero-order chi connectivity index (χ0) is 20.7. The molecular formula is C22H25Br2N3O. The van der Waals surface area contributed by atoms with Crippen molar-refractivity contribution < 1.29 is 4.79 Å². The van der Waals surface area contributed by atoms with Crippen molar-refractivity contribution in [3.05, 3.63) is 67.6 Å². The van der Waals surface area contributed by atoms with Gasteiger partial charge in [0.05, 0.1) is 18.4 Å². The number of nitrogens with one attached hydrogen (secondary N) is 2. The van der Waals surface area contributed by atoms with Gasteiger partial charge in [0.2, 0.25) is 0 Å². The SMILES string of the molecule is CC(C=NNC(=O)CNc1c(Br)cc(C)cc1Br)=Cc1ccc(C(C)C)cc1. The first-order valence-corrected chi connectivity index (χ1v) is 10.6. The summed E-state index contributed by atoms with van der Waals surface area (Å²) >= 11 is 7.00. The minimum atomic E-state index is -0.218. The number of hydrogen-bond donors (Lipinski definition) is 2. The van der Waals surface area contributed by atoms with Crippen LogP contribution in [0.2, 0.25) is 0 Å². The number of hydrogen-bond acceptors (Lipinski definition) is 3. The first-order valence-electron chi connectivity index (χ1n) is 9.06. The minimum Gasteiger partial charge on any atom is -0.374 e. The number of carbonyl (C=O) groups is 1. The highest BCUT2D eigenvalue weighted by Gasteiger charge is 2.07. The van der Waals surface area contributed by atoms with Gasteiger partial charge in [0.1, 0.15) is 0 Å². The third kappa shape index (κ3) is 6.91. The second-order valence-electron chi connectivity index (χ2n) is 6.96. The summed E-state index contributed by atoms with van der Waals surface area (Å²) in [5.41, 5.74) is 7.88. The predicted octanol–water partition coefficient (Wildman–Crippen LogP) is 6.26. The van der Waals surface area contributed by atoms with Crippen molar-refractivity contribution in [3.63, 3.8) is 0 Å². The zero-order valence-corrected chi connectivity index (χ0v) is 19.7. The molecule has 0 aliphatic rings. The number of hydrazone groups is 1. The van der Waals surface area contributed by atoms with E-state index < -0.39 is 0 Å². The van der Waals surface area contributed by atoms with Crippen molar-refractivity contribution in [2.45, 2.75) is 33.6 Å². The minimum absolute atomic E-state index is 0.122. The van der Waals surface area contributed by atoms with Crippen LogP contribution in [0.25, 0.3) is 6.08 Å². The molecule has 0 bridgehead atoms. The third-order valence-electron chi connectivity index (χ3n) is 4.07. The number of carbonyl (C=O) groups excluding carboxylic acids is 1. The molecule has 0 atom stereocenters. The van der Waals surface area contributed by atoms with E-state index in [1.54, 1.807) is 6.21 Å². The molecule has 2 rings (SSSR count). The van der Waals surface area contributed by atoms with Gasteiger partial charge in [-0.2, -0.15) is 5.10 Å². The number of nitrogens with zero attached hydrogens (tertiary/aromatic N) is 1. The molecule has 2 N–H and O–H groups in total. The summed E-state index contributed by atoms with van der Waals surface area (Å²) < 4.78 is 1.80. The molecule has 0 saturated heterocycles. The smallest absolute Gasteiger partial charge is 0.259 e. The number of rotatable bonds is 7. The van der Waals surface area contributed by atoms with Gasteiger partial charge in [-0.05, 0) is 86.0 Å². The van der Waals surface area contributed by atoms with Crippen LogP contribution in [0.3, 0.4) is 0 Å². The van der Waals surface area contributed by atoms with E-state index in [1.807, 2.05) is 32.1 Å². The highest BCUT2D eigenvalue weighted by Crippen LogP contribution is 2.32. The van der Waals surface area contributed by atoms with Gasteiger partial charge >= 0.3 is 0 Å². The number of anilines is 1. The Bertz CT molecular complexity index is 864. The molecule has 1 amide bonds. The number of amides is 1. The number of benzene rings is 2. The average molecular weight is 507 g/mol. The van der Waals surface area contributed by atoms with Gasteiger partial charge in [-0.25, -0.2) is 5.43 Å². The van der Waals surface area contributed by atoms with Crippen LogP contribution in [0.4, 0.5) is 5.69 Å². The summed E-state index contributed by atoms with van der Waals surface area (Å²) in [6, 6.07) is 12.4. The molecule has 4 nitrogen and oxygen atoms in total. The maximum Gasteiger partial charge on any atom is 0.259 e. The average Bonchev–Trinajstić information content (AvgIpc) is 2.61. The van der Waals surface area contributed by atoms with Crippen LogP contribution in [0.15, 0.2) is 56.0 Å². The highest BCUT2D eigenvalue weighted by molar-refractivity contribution is 9.11. The lowest BCUT2D eigenvalue weighted by Gasteiger charge is -2.11. The zero-order valence-electron chi connectivity index (χ0n) is 16.5. The van der Waals surface area contributed by atoms with E-state index in [0.29, 0.717) is 5.92 Å². The number of aryl methyl sites for hydroxylation is 1. The molecule has 0 unspecified atom stereocenters. The van der Waals surface area contributed by atoms with Crippen molar-refractivity contribution in [1.82, 2.24) is 5.43 Å². The molecule has 148 valence electrons. The first kappa shape index (κ1) is 22.4. The summed E-state index contributed by atoms with van der Waals surface area (Å²) in [4.78, 5) is 12.0. The Morgan fingerprint density at radius 3 is 2.32 bits per heavy atom. The lowest BCUT2D eigenvalue weighted by Crippen LogP contribution is -2.26. The van der Waals surface area contributed by atoms with Crippen LogP contribution >= 0.6 is 31.9 Å². The molecule has 6 heteroatoms. The van der Waals surface area contributed by atoms with Gasteiger partial charge in [0, 0.05) is 8.95 Å². The monoisotopic (exact) mass is 505 g/mol. The van der Waals surface area contributed by atoms with E-state index in [1.165, 1.54) is 5.56 Å². The van der Waals surface area contributed by atoms with Crippen LogP contribution in [-0.2, 0) is 4.79 Å². The molecule has 2 aromatic rings. The van der Waals surface area contributed by atoms with E-state index in [0.717, 1.165) is 31.3 Å². The maximum absolute atomic E-state index is 12.0. The fraction of sp³-hybridized carbons (Fsp3) is 0.273. The molecule has 0 aromatic heterocycles. The van der Waals surface area contributed by atoms with Gasteiger partial charge in [0.15, 0.2) is 0 Å². The van der Waals surface area contributed by atoms with Crippen molar-refractivity contribution in [3.8, 4) is 0 Å². The molecule has 0 aliphatic heterocycles. The Hall–Kier alpha value is -1.92. The van der Waals surface area contributed by atoms with Crippen LogP contribution in [0.1, 0.15) is 43.4 Å². The van der Waals surface area contributed by atoms with Crippen molar-refractivity contribution >= 4 is 55.7 Å². The van der Waals surface area contributed by atoms with E-state index in [9.17, 15) is 4.79 Å². The predicted molar refractivity (Wildman–Crippen MR) is 126 cm³/mol. The van der Waals surface area contributed by atoms with Crippen LogP contribution in [0, 0.1) is 6.92 Å². The summed E-state index contributed by atoms with van der Waals surface area (Å²) in [6.45, 7) is 8.43. The Labute approximate surface area is 183 Å². The lowest BCUT2D eigenvalue weighted by atomic mass is 10.0. The number of halogens is 2. The van der Waals surface area contributed by atoms with Crippen molar-refractivity contribution in [2.24, 2.45) is 5.10 Å². The molecule has 0 fully saturated rings. The third-order valence-corrected chi connectivity index (χ3v) is 5.32. The normalized spacial score (nSPS) is 11.9. The molecule has 0 aliphatic carbocycles. The van der Waals surface area contributed by atoms with E-state index in [2.05, 4.69) is 85.8 Å². The number of allylic oxidation sites excluding steroid dienone is 1. The van der Waals surface area contributed by atoms with E-state index >= 15 is 0 Å². The molecule has 0 spiro atoms. The summed E-state index contributed by atoms with van der Waals surface area (Å²) in [5, 5.41) is 7.13. The molecular weight excluding hydrogens is 482 g/mol. The lowest BCUT2D eigenvalue weighted by molar-refractivity contribution is -0.119. The Balaban J connectivity index is 1.87. The fourth-order valence-electron chi connectivity index (χ4n) is 2.56. The van der Waals surface area contributed by atoms with E-state index in [4.69, 9.17) is 0 Å². The summed E-state index contributed by atoms with van der Waals surface area (Å²) in [7, 11) is 0. The second kappa shape index (κ2) is 10.6. The molecule has 2 aromatic carbocycles. The van der Waals surface area contributed by atoms with Gasteiger partial charge in [-0.1, -0.05) is 44.2 Å². The van der Waals surface area contributed by atoms with Crippen molar-refractivity contribution in [2.75, 3.05) is 11.9 Å². The van der Waals surface area contributed by atoms with Gasteiger partial charge < -0.3 is 5.32 Å².